The van der Waals surface area contributed by atoms with E-state index in [1.165, 1.54) is 20.8 Å². The van der Waals surface area contributed by atoms with Crippen LogP contribution in [0.4, 0.5) is 0 Å². The van der Waals surface area contributed by atoms with Gasteiger partial charge in [0.15, 0.2) is 5.78 Å². The lowest BCUT2D eigenvalue weighted by Gasteiger charge is -1.90. The number of ketones is 1. The zero-order valence-corrected chi connectivity index (χ0v) is 9.67. The first-order valence-corrected chi connectivity index (χ1v) is 4.31. The molecule has 0 rings (SSSR count). The highest BCUT2D eigenvalue weighted by molar-refractivity contribution is 5.79. The minimum Gasteiger partial charge on any atom is -0.481 e. The number of aliphatic hydroxyl groups excluding tert-OH is 2. The van der Waals surface area contributed by atoms with Gasteiger partial charge in [0, 0.05) is 6.92 Å². The normalized spacial score (nSPS) is 11.9. The van der Waals surface area contributed by atoms with Crippen LogP contribution in [-0.2, 0) is 14.4 Å². The molecule has 7 nitrogen and oxygen atoms in total. The van der Waals surface area contributed by atoms with Crippen LogP contribution in [0.3, 0.4) is 0 Å². The van der Waals surface area contributed by atoms with E-state index >= 15 is 0 Å². The Kier molecular flexibility index (Phi) is 14.5. The van der Waals surface area contributed by atoms with Crippen molar-refractivity contribution in [2.75, 3.05) is 0 Å². The van der Waals surface area contributed by atoms with E-state index in [1.54, 1.807) is 0 Å². The molecule has 7 heteroatoms. The highest BCUT2D eigenvalue weighted by atomic mass is 16.4. The van der Waals surface area contributed by atoms with E-state index in [4.69, 9.17) is 25.2 Å². The molecule has 0 aromatic carbocycles. The second-order valence-corrected chi connectivity index (χ2v) is 2.82. The van der Waals surface area contributed by atoms with Crippen molar-refractivity contribution in [3.8, 4) is 0 Å². The molecule has 0 saturated carbocycles. The number of hydrogen-bond acceptors (Lipinski definition) is 5. The predicted octanol–water partition coefficient (Wildman–Crippen LogP) is -0.501. The van der Waals surface area contributed by atoms with Crippen molar-refractivity contribution in [1.29, 1.82) is 0 Å². The minimum absolute atomic E-state index is 0.185. The molecule has 0 aliphatic carbocycles. The van der Waals surface area contributed by atoms with E-state index in [0.717, 1.165) is 6.92 Å². The summed E-state index contributed by atoms with van der Waals surface area (Å²) in [4.78, 5) is 28.3. The Bertz CT molecular complexity index is 198. The van der Waals surface area contributed by atoms with Gasteiger partial charge in [-0.05, 0) is 20.8 Å². The van der Waals surface area contributed by atoms with Crippen LogP contribution < -0.4 is 0 Å². The first kappa shape index (κ1) is 20.0. The second-order valence-electron chi connectivity index (χ2n) is 2.82. The zero-order chi connectivity index (χ0) is 13.9. The lowest BCUT2D eigenvalue weighted by Crippen LogP contribution is -2.13. The zero-order valence-electron chi connectivity index (χ0n) is 9.67. The van der Waals surface area contributed by atoms with Crippen molar-refractivity contribution in [1.82, 2.24) is 0 Å². The van der Waals surface area contributed by atoms with Crippen LogP contribution in [0.5, 0.6) is 0 Å². The Labute approximate surface area is 93.3 Å². The molecule has 0 aromatic heterocycles. The van der Waals surface area contributed by atoms with Crippen LogP contribution in [0.1, 0.15) is 27.7 Å². The van der Waals surface area contributed by atoms with E-state index < -0.39 is 24.1 Å². The molecule has 0 bridgehead atoms. The summed E-state index contributed by atoms with van der Waals surface area (Å²) in [5.74, 6) is -2.20. The maximum atomic E-state index is 9.89. The molecule has 96 valence electrons. The standard InChI is InChI=1S/C4H8O2.C3H6O3.C2H4O2/c1-3(5)4(2)6;1-2(4)3(5)6;1-2(3)4/h3,5H,1-2H3;2,4H,1H3,(H,5,6);1H3,(H,3,4). The van der Waals surface area contributed by atoms with Gasteiger partial charge in [-0.15, -0.1) is 0 Å². The third kappa shape index (κ3) is 39.1. The maximum absolute atomic E-state index is 9.89. The fourth-order valence-electron chi connectivity index (χ4n) is 0. The Hall–Kier alpha value is -1.47. The number of aliphatic carboxylic acids is 2. The van der Waals surface area contributed by atoms with Crippen molar-refractivity contribution < 1.29 is 34.8 Å². The third-order valence-electron chi connectivity index (χ3n) is 0.946. The van der Waals surface area contributed by atoms with Crippen molar-refractivity contribution in [2.24, 2.45) is 0 Å². The van der Waals surface area contributed by atoms with Crippen LogP contribution >= 0.6 is 0 Å². The van der Waals surface area contributed by atoms with Gasteiger partial charge in [-0.2, -0.15) is 0 Å². The van der Waals surface area contributed by atoms with Crippen molar-refractivity contribution in [3.63, 3.8) is 0 Å². The van der Waals surface area contributed by atoms with Gasteiger partial charge in [-0.1, -0.05) is 0 Å². The minimum atomic E-state index is -1.23. The highest BCUT2D eigenvalue weighted by Crippen LogP contribution is 1.77. The van der Waals surface area contributed by atoms with E-state index in [9.17, 15) is 9.59 Å². The van der Waals surface area contributed by atoms with Crippen molar-refractivity contribution in [3.05, 3.63) is 0 Å². The highest BCUT2D eigenvalue weighted by Gasteiger charge is 2.01. The summed E-state index contributed by atoms with van der Waals surface area (Å²) in [5.41, 5.74) is 0. The van der Waals surface area contributed by atoms with Gasteiger partial charge < -0.3 is 20.4 Å². The Morgan fingerprint density at radius 3 is 1.00 bits per heavy atom. The molecule has 2 unspecified atom stereocenters. The summed E-state index contributed by atoms with van der Waals surface area (Å²) in [5, 5.41) is 31.5. The van der Waals surface area contributed by atoms with Crippen LogP contribution in [0.15, 0.2) is 0 Å². The third-order valence-corrected chi connectivity index (χ3v) is 0.946. The molecular formula is C9H18O7. The van der Waals surface area contributed by atoms with E-state index in [0.29, 0.717) is 0 Å². The molecule has 2 atom stereocenters. The Morgan fingerprint density at radius 1 is 0.875 bits per heavy atom. The SMILES string of the molecule is CC(=O)C(C)O.CC(=O)O.CC(O)C(=O)O. The van der Waals surface area contributed by atoms with E-state index in [1.807, 2.05) is 0 Å². The Morgan fingerprint density at radius 2 is 1.00 bits per heavy atom. The molecule has 0 saturated heterocycles. The van der Waals surface area contributed by atoms with Crippen LogP contribution in [0.25, 0.3) is 0 Å². The average molecular weight is 238 g/mol. The topological polar surface area (TPSA) is 132 Å². The van der Waals surface area contributed by atoms with Gasteiger partial charge >= 0.3 is 5.97 Å². The lowest BCUT2D eigenvalue weighted by atomic mass is 10.3. The summed E-state index contributed by atoms with van der Waals surface area (Å²) < 4.78 is 0. The summed E-state index contributed by atoms with van der Waals surface area (Å²) in [6.07, 6.45) is -2.02. The molecule has 4 N–H and O–H groups in total. The summed E-state index contributed by atoms with van der Waals surface area (Å²) >= 11 is 0. The lowest BCUT2D eigenvalue weighted by molar-refractivity contribution is -0.145. The summed E-state index contributed by atoms with van der Waals surface area (Å²) in [6.45, 7) is 5.08. The first-order valence-electron chi connectivity index (χ1n) is 4.31. The largest absolute Gasteiger partial charge is 0.481 e. The predicted molar refractivity (Wildman–Crippen MR) is 55.0 cm³/mol. The van der Waals surface area contributed by atoms with Crippen molar-refractivity contribution >= 4 is 17.7 Å². The number of Topliss-reactive ketones (excluding diaryl/α,β-unsaturated/α-hetero) is 1. The van der Waals surface area contributed by atoms with E-state index in [2.05, 4.69) is 0 Å². The molecule has 0 amide bonds. The molecule has 0 spiro atoms. The first-order chi connectivity index (χ1) is 7.02. The molecular weight excluding hydrogens is 220 g/mol. The average Bonchev–Trinajstić information content (AvgIpc) is 2.03. The number of aliphatic hydroxyl groups is 2. The number of carboxylic acid groups (broad SMARTS) is 2. The summed E-state index contributed by atoms with van der Waals surface area (Å²) in [7, 11) is 0. The monoisotopic (exact) mass is 238 g/mol. The number of hydrogen-bond donors (Lipinski definition) is 4. The molecule has 16 heavy (non-hydrogen) atoms. The van der Waals surface area contributed by atoms with E-state index in [-0.39, 0.29) is 5.78 Å². The quantitative estimate of drug-likeness (QED) is 0.509. The van der Waals surface area contributed by atoms with Gasteiger partial charge in [0.25, 0.3) is 5.97 Å². The number of rotatable bonds is 2. The Balaban J connectivity index is -0.000000162. The fourth-order valence-corrected chi connectivity index (χ4v) is 0. The fraction of sp³-hybridized carbons (Fsp3) is 0.667. The van der Waals surface area contributed by atoms with Crippen LogP contribution in [0, 0.1) is 0 Å². The molecule has 0 aliphatic heterocycles. The summed E-state index contributed by atoms with van der Waals surface area (Å²) in [6, 6.07) is 0. The molecule has 0 aromatic rings. The van der Waals surface area contributed by atoms with Gasteiger partial charge in [-0.3, -0.25) is 9.59 Å². The maximum Gasteiger partial charge on any atom is 0.332 e. The van der Waals surface area contributed by atoms with Crippen LogP contribution in [-0.4, -0.2) is 50.4 Å². The smallest absolute Gasteiger partial charge is 0.332 e. The molecule has 0 heterocycles. The van der Waals surface area contributed by atoms with Crippen LogP contribution in [0.2, 0.25) is 0 Å². The second kappa shape index (κ2) is 11.6. The number of carbonyl (C=O) groups is 3. The van der Waals surface area contributed by atoms with Gasteiger partial charge in [-0.25, -0.2) is 4.79 Å². The number of carbonyl (C=O) groups excluding carboxylic acids is 1. The van der Waals surface area contributed by atoms with Gasteiger partial charge in [0.1, 0.15) is 12.2 Å². The molecule has 0 radical (unpaired) electrons. The number of carboxylic acids is 2. The van der Waals surface area contributed by atoms with Gasteiger partial charge in [0.05, 0.1) is 0 Å². The molecule has 0 fully saturated rings. The van der Waals surface area contributed by atoms with Gasteiger partial charge in [0.2, 0.25) is 0 Å². The molecule has 0 aliphatic rings. The van der Waals surface area contributed by atoms with Crippen molar-refractivity contribution in [2.45, 2.75) is 39.9 Å².